The molecule has 22 heteroatoms. The SMILES string of the molecule is C#CC(=O)NCCOCCOCCC(=O)NCCCC(=O)C1CC(CC)[C@@H](O[C@@H]2OC(C)[C@@H](C)[C@H](OC(C)=O)C2OC(C)=O)[C@H](O[C@@H]2O[C@@H](COC(C)=O)[C@@H]3OC(=O)[C@@H](CC4CCCCC4)OC3C2NC(C)=O)C1. The molecule has 6 unspecified atom stereocenters. The summed E-state index contributed by atoms with van der Waals surface area (Å²) in [6, 6.07) is -1.08. The molecule has 5 aliphatic rings. The van der Waals surface area contributed by atoms with Crippen molar-refractivity contribution in [3.05, 3.63) is 0 Å². The first kappa shape index (κ1) is 60.1. The summed E-state index contributed by atoms with van der Waals surface area (Å²) in [5, 5.41) is 8.24. The minimum absolute atomic E-state index is 0.0835. The summed E-state index contributed by atoms with van der Waals surface area (Å²) < 4.78 is 67.3. The van der Waals surface area contributed by atoms with E-state index in [0.29, 0.717) is 25.7 Å². The monoisotopic (exact) mass is 1050 g/mol. The van der Waals surface area contributed by atoms with Crippen molar-refractivity contribution in [2.75, 3.05) is 46.1 Å². The molecule has 74 heavy (non-hydrogen) atoms. The maximum atomic E-state index is 14.2. The molecular formula is C52H79N3O19. The highest BCUT2D eigenvalue weighted by atomic mass is 16.7. The minimum Gasteiger partial charge on any atom is -0.463 e. The van der Waals surface area contributed by atoms with Crippen LogP contribution in [0, 0.1) is 36.0 Å². The number of carbonyl (C=O) groups excluding carboxylic acids is 8. The van der Waals surface area contributed by atoms with Crippen LogP contribution < -0.4 is 16.0 Å². The van der Waals surface area contributed by atoms with Crippen LogP contribution >= 0.6 is 0 Å². The average Bonchev–Trinajstić information content (AvgIpc) is 3.35. The van der Waals surface area contributed by atoms with Gasteiger partial charge in [-0.3, -0.25) is 33.6 Å². The number of hydrogen-bond acceptors (Lipinski definition) is 19. The van der Waals surface area contributed by atoms with Gasteiger partial charge in [-0.25, -0.2) is 4.79 Å². The molecule has 0 aromatic carbocycles. The van der Waals surface area contributed by atoms with Crippen LogP contribution in [0.15, 0.2) is 0 Å². The number of ketones is 1. The Bertz CT molecular complexity index is 1940. The highest BCUT2D eigenvalue weighted by Crippen LogP contribution is 2.42. The Hall–Kier alpha value is -4.76. The molecule has 0 spiro atoms. The smallest absolute Gasteiger partial charge is 0.335 e. The van der Waals surface area contributed by atoms with Gasteiger partial charge in [0.05, 0.1) is 44.7 Å². The van der Waals surface area contributed by atoms with Crippen LogP contribution in [0.2, 0.25) is 0 Å². The molecule has 3 N–H and O–H groups in total. The van der Waals surface area contributed by atoms with Crippen molar-refractivity contribution in [3.8, 4) is 12.3 Å². The Balaban J connectivity index is 1.35. The van der Waals surface area contributed by atoms with Gasteiger partial charge < -0.3 is 68.1 Å². The molecule has 416 valence electrons. The number of hydrogen-bond donors (Lipinski definition) is 3. The zero-order chi connectivity index (χ0) is 53.9. The fourth-order valence-electron chi connectivity index (χ4n) is 10.5. The normalized spacial score (nSPS) is 32.1. The molecule has 0 aromatic heterocycles. The second kappa shape index (κ2) is 30.1. The van der Waals surface area contributed by atoms with E-state index in [2.05, 4.69) is 16.0 Å². The Morgan fingerprint density at radius 2 is 1.45 bits per heavy atom. The van der Waals surface area contributed by atoms with Crippen molar-refractivity contribution in [1.29, 1.82) is 0 Å². The largest absolute Gasteiger partial charge is 0.463 e. The Morgan fingerprint density at radius 3 is 2.11 bits per heavy atom. The Morgan fingerprint density at radius 1 is 0.743 bits per heavy atom. The molecule has 0 aromatic rings. The highest BCUT2D eigenvalue weighted by molar-refractivity contribution is 5.92. The average molecular weight is 1050 g/mol. The Labute approximate surface area is 434 Å². The van der Waals surface area contributed by atoms with Gasteiger partial charge in [-0.1, -0.05) is 52.4 Å². The summed E-state index contributed by atoms with van der Waals surface area (Å²) in [6.07, 6.45) is 0.644. The zero-order valence-corrected chi connectivity index (χ0v) is 44.0. The molecule has 22 nitrogen and oxygen atoms in total. The quantitative estimate of drug-likeness (QED) is 0.0486. The van der Waals surface area contributed by atoms with Crippen LogP contribution in [0.1, 0.15) is 126 Å². The van der Waals surface area contributed by atoms with E-state index < -0.39 is 121 Å². The van der Waals surface area contributed by atoms with E-state index in [-0.39, 0.29) is 88.9 Å². The lowest BCUT2D eigenvalue weighted by Gasteiger charge is -2.51. The van der Waals surface area contributed by atoms with Crippen molar-refractivity contribution >= 4 is 47.4 Å². The molecule has 5 fully saturated rings. The number of fused-ring (bicyclic) bond motifs is 1. The summed E-state index contributed by atoms with van der Waals surface area (Å²) >= 11 is 0. The first-order valence-electron chi connectivity index (χ1n) is 26.3. The maximum absolute atomic E-state index is 14.2. The first-order valence-corrected chi connectivity index (χ1v) is 26.3. The van der Waals surface area contributed by atoms with Crippen molar-refractivity contribution in [3.63, 3.8) is 0 Å². The maximum Gasteiger partial charge on any atom is 0.335 e. The zero-order valence-electron chi connectivity index (χ0n) is 44.0. The molecular weight excluding hydrogens is 971 g/mol. The number of esters is 4. The molecule has 3 aliphatic heterocycles. The second-order valence-electron chi connectivity index (χ2n) is 19.9. The van der Waals surface area contributed by atoms with Gasteiger partial charge in [-0.15, -0.1) is 6.42 Å². The number of Topliss-reactive ketones (excluding diaryl/α,β-unsaturated/α-hetero) is 1. The van der Waals surface area contributed by atoms with E-state index in [1.807, 2.05) is 19.8 Å². The number of terminal acetylenes is 1. The summed E-state index contributed by atoms with van der Waals surface area (Å²) in [5.41, 5.74) is 0. The van der Waals surface area contributed by atoms with E-state index in [1.54, 1.807) is 6.92 Å². The third kappa shape index (κ3) is 18.2. The van der Waals surface area contributed by atoms with Gasteiger partial charge in [0, 0.05) is 65.5 Å². The lowest BCUT2D eigenvalue weighted by Crippen LogP contribution is -2.70. The van der Waals surface area contributed by atoms with Gasteiger partial charge in [0.1, 0.15) is 36.7 Å². The minimum atomic E-state index is -1.35. The van der Waals surface area contributed by atoms with E-state index in [1.165, 1.54) is 27.7 Å². The molecule has 3 amide bonds. The van der Waals surface area contributed by atoms with Crippen molar-refractivity contribution in [1.82, 2.24) is 16.0 Å². The Kier molecular flexibility index (Phi) is 24.5. The number of amides is 3. The number of carbonyl (C=O) groups is 8. The second-order valence-corrected chi connectivity index (χ2v) is 19.9. The molecule has 3 heterocycles. The topological polar surface area (TPSA) is 274 Å². The van der Waals surface area contributed by atoms with Gasteiger partial charge >= 0.3 is 23.9 Å². The summed E-state index contributed by atoms with van der Waals surface area (Å²) in [5.74, 6) is -2.97. The van der Waals surface area contributed by atoms with Crippen LogP contribution in [-0.4, -0.2) is 167 Å². The van der Waals surface area contributed by atoms with Crippen LogP contribution in [0.3, 0.4) is 0 Å². The van der Waals surface area contributed by atoms with E-state index in [9.17, 15) is 38.4 Å². The van der Waals surface area contributed by atoms with Gasteiger partial charge in [-0.2, -0.15) is 0 Å². The molecule has 2 saturated carbocycles. The third-order valence-corrected chi connectivity index (χ3v) is 14.3. The van der Waals surface area contributed by atoms with Crippen LogP contribution in [0.25, 0.3) is 0 Å². The predicted octanol–water partition coefficient (Wildman–Crippen LogP) is 2.52. The molecule has 15 atom stereocenters. The van der Waals surface area contributed by atoms with Crippen molar-refractivity contribution in [2.45, 2.75) is 199 Å². The molecule has 5 rings (SSSR count). The lowest BCUT2D eigenvalue weighted by molar-refractivity contribution is -0.340. The van der Waals surface area contributed by atoms with Crippen LogP contribution in [0.4, 0.5) is 0 Å². The number of rotatable bonds is 26. The summed E-state index contributed by atoms with van der Waals surface area (Å²) in [4.78, 5) is 102. The molecule has 3 saturated heterocycles. The highest BCUT2D eigenvalue weighted by Gasteiger charge is 2.57. The summed E-state index contributed by atoms with van der Waals surface area (Å²) in [6.45, 7) is 11.6. The van der Waals surface area contributed by atoms with E-state index >= 15 is 0 Å². The van der Waals surface area contributed by atoms with Crippen LogP contribution in [0.5, 0.6) is 0 Å². The van der Waals surface area contributed by atoms with Gasteiger partial charge in [0.2, 0.25) is 11.8 Å². The van der Waals surface area contributed by atoms with E-state index in [4.69, 9.17) is 58.5 Å². The fourth-order valence-corrected chi connectivity index (χ4v) is 10.5. The predicted molar refractivity (Wildman–Crippen MR) is 259 cm³/mol. The number of nitrogens with one attached hydrogen (secondary N) is 3. The van der Waals surface area contributed by atoms with E-state index in [0.717, 1.165) is 32.1 Å². The molecule has 0 bridgehead atoms. The van der Waals surface area contributed by atoms with Gasteiger partial charge in [0.15, 0.2) is 30.9 Å². The van der Waals surface area contributed by atoms with Gasteiger partial charge in [-0.05, 0) is 50.4 Å². The molecule has 0 radical (unpaired) electrons. The van der Waals surface area contributed by atoms with Crippen LogP contribution in [-0.2, 0) is 90.5 Å². The fraction of sp³-hybridized carbons (Fsp3) is 0.808. The standard InChI is InChI=1S/C52H79N3O19/c1-9-36-26-37(38(60)17-14-19-53-43(62)18-21-64-23-24-65-22-20-54-42(61)10-2)27-39(46(36)74-52-49(69-34(8)59)45(68-33(7)58)29(3)30(4)67-52)71-51-44(55-31(5)56)48-47(41(72-51)28-66-32(6)57)73-50(63)40(70-48)25-35-15-12-11-13-16-35/h2,29-30,35-37,39-41,44-49,51-52H,9,11-28H2,1,3-8H3,(H,53,62)(H,54,61)(H,55,56)/t29-,30?,36?,37?,39-,40-,41+,44?,45+,46-,47+,48?,49?,51-,52+/m1/s1. The van der Waals surface area contributed by atoms with Crippen molar-refractivity contribution in [2.24, 2.45) is 23.7 Å². The summed E-state index contributed by atoms with van der Waals surface area (Å²) in [7, 11) is 0. The first-order chi connectivity index (χ1) is 35.4. The molecule has 2 aliphatic carbocycles. The number of ether oxygens (including phenoxy) is 11. The van der Waals surface area contributed by atoms with Crippen molar-refractivity contribution < 1.29 is 90.5 Å². The van der Waals surface area contributed by atoms with Gasteiger partial charge in [0.25, 0.3) is 5.91 Å². The lowest BCUT2D eigenvalue weighted by atomic mass is 9.74. The third-order valence-electron chi connectivity index (χ3n) is 14.3.